The first-order chi connectivity index (χ1) is 18.4. The van der Waals surface area contributed by atoms with Crippen LogP contribution < -0.4 is 10.6 Å². The summed E-state index contributed by atoms with van der Waals surface area (Å²) in [7, 11) is 1.20. The number of rotatable bonds is 7. The fourth-order valence-corrected chi connectivity index (χ4v) is 5.15. The maximum absolute atomic E-state index is 13.5. The molecule has 0 unspecified atom stereocenters. The predicted molar refractivity (Wildman–Crippen MR) is 132 cm³/mol. The first kappa shape index (κ1) is 28.3. The van der Waals surface area contributed by atoms with Gasteiger partial charge in [-0.2, -0.15) is 17.5 Å². The normalized spacial score (nSPS) is 15.6. The fraction of sp³-hybridized carbons (Fsp3) is 0.375. The largest absolute Gasteiger partial charge is 0.468 e. The number of nitrogens with one attached hydrogen (secondary N) is 2. The van der Waals surface area contributed by atoms with Gasteiger partial charge >= 0.3 is 12.1 Å². The Hall–Kier alpha value is -3.72. The van der Waals surface area contributed by atoms with Crippen molar-refractivity contribution in [2.24, 2.45) is 0 Å². The van der Waals surface area contributed by atoms with Crippen molar-refractivity contribution >= 4 is 39.9 Å². The third-order valence-corrected chi connectivity index (χ3v) is 7.19. The molecule has 1 amide bonds. The number of piperidine rings is 1. The first-order valence-electron chi connectivity index (χ1n) is 11.6. The molecule has 0 saturated carbocycles. The second-order valence-electron chi connectivity index (χ2n) is 8.93. The minimum atomic E-state index is -4.35. The van der Waals surface area contributed by atoms with Crippen LogP contribution in [0.2, 0.25) is 0 Å². The van der Waals surface area contributed by atoms with Crippen molar-refractivity contribution in [3.05, 3.63) is 59.2 Å². The lowest BCUT2D eigenvalue weighted by Crippen LogP contribution is -2.50. The number of anilines is 3. The monoisotopic (exact) mass is 570 g/mol. The van der Waals surface area contributed by atoms with Gasteiger partial charge in [-0.15, -0.1) is 0 Å². The van der Waals surface area contributed by atoms with Crippen molar-refractivity contribution in [2.45, 2.75) is 31.4 Å². The summed E-state index contributed by atoms with van der Waals surface area (Å²) in [6.07, 6.45) is -1.54. The minimum absolute atomic E-state index is 0.0207. The number of ether oxygens (including phenoxy) is 1. The highest BCUT2D eigenvalue weighted by atomic mass is 32.1. The number of aromatic nitrogens is 3. The summed E-state index contributed by atoms with van der Waals surface area (Å²) in [4.78, 5) is 35.4. The topological polar surface area (TPSA) is 109 Å². The van der Waals surface area contributed by atoms with Gasteiger partial charge in [-0.3, -0.25) is 19.5 Å². The number of hydrogen-bond acceptors (Lipinski definition) is 9. The smallest absolute Gasteiger partial charge is 0.401 e. The summed E-state index contributed by atoms with van der Waals surface area (Å²) in [5.41, 5.74) is -0.419. The summed E-state index contributed by atoms with van der Waals surface area (Å²) in [5, 5.41) is 5.73. The van der Waals surface area contributed by atoms with E-state index in [2.05, 4.69) is 25.0 Å². The Morgan fingerprint density at radius 3 is 2.44 bits per heavy atom. The summed E-state index contributed by atoms with van der Waals surface area (Å²) in [6.45, 7) is 0.570. The van der Waals surface area contributed by atoms with Crippen LogP contribution in [0, 0.1) is 18.6 Å². The summed E-state index contributed by atoms with van der Waals surface area (Å²) >= 11 is 0.965. The summed E-state index contributed by atoms with van der Waals surface area (Å²) < 4.78 is 74.3. The van der Waals surface area contributed by atoms with Crippen LogP contribution in [0.1, 0.15) is 34.6 Å². The van der Waals surface area contributed by atoms with Crippen molar-refractivity contribution in [3.63, 3.8) is 0 Å². The van der Waals surface area contributed by atoms with Gasteiger partial charge in [0.1, 0.15) is 16.2 Å². The summed E-state index contributed by atoms with van der Waals surface area (Å²) in [5.74, 6) is -3.18. The Morgan fingerprint density at radius 2 is 1.85 bits per heavy atom. The number of amides is 1. The first-order valence-corrected chi connectivity index (χ1v) is 12.4. The molecule has 208 valence electrons. The zero-order chi connectivity index (χ0) is 28.4. The number of esters is 1. The fourth-order valence-electron chi connectivity index (χ4n) is 4.35. The molecule has 3 aromatic rings. The van der Waals surface area contributed by atoms with Gasteiger partial charge in [0.15, 0.2) is 11.6 Å². The molecule has 1 saturated heterocycles. The number of alkyl halides is 3. The van der Waals surface area contributed by atoms with E-state index in [-0.39, 0.29) is 48.7 Å². The van der Waals surface area contributed by atoms with Crippen molar-refractivity contribution in [3.8, 4) is 0 Å². The third kappa shape index (κ3) is 6.30. The lowest BCUT2D eigenvalue weighted by atomic mass is 9.75. The Balaban J connectivity index is 1.50. The molecule has 2 aromatic heterocycles. The van der Waals surface area contributed by atoms with Crippen LogP contribution in [0.25, 0.3) is 0 Å². The second-order valence-corrected chi connectivity index (χ2v) is 9.71. The quantitative estimate of drug-likeness (QED) is 0.314. The van der Waals surface area contributed by atoms with E-state index < -0.39 is 41.6 Å². The number of nitrogens with zero attached hydrogens (tertiary/aromatic N) is 4. The molecule has 0 atom stereocenters. The lowest BCUT2D eigenvalue weighted by Gasteiger charge is -2.39. The van der Waals surface area contributed by atoms with Crippen LogP contribution >= 0.6 is 11.5 Å². The van der Waals surface area contributed by atoms with Gasteiger partial charge in [0, 0.05) is 11.8 Å². The van der Waals surface area contributed by atoms with Gasteiger partial charge in [-0.1, -0.05) is 0 Å². The molecule has 0 spiro atoms. The van der Waals surface area contributed by atoms with E-state index in [9.17, 15) is 31.5 Å². The maximum atomic E-state index is 13.5. The zero-order valence-corrected chi connectivity index (χ0v) is 21.6. The average Bonchev–Trinajstić information content (AvgIpc) is 3.25. The van der Waals surface area contributed by atoms with Crippen molar-refractivity contribution < 1.29 is 36.3 Å². The van der Waals surface area contributed by atoms with Gasteiger partial charge < -0.3 is 15.4 Å². The van der Waals surface area contributed by atoms with E-state index in [0.717, 1.165) is 23.7 Å². The minimum Gasteiger partial charge on any atom is -0.468 e. The zero-order valence-electron chi connectivity index (χ0n) is 20.7. The van der Waals surface area contributed by atoms with Crippen LogP contribution in [0.4, 0.5) is 38.5 Å². The molecule has 1 aromatic carbocycles. The number of halogens is 5. The molecule has 2 N–H and O–H groups in total. The molecule has 0 bridgehead atoms. The Bertz CT molecular complexity index is 1360. The van der Waals surface area contributed by atoms with Crippen LogP contribution in [-0.4, -0.2) is 64.0 Å². The van der Waals surface area contributed by atoms with Gasteiger partial charge in [-0.05, 0) is 56.5 Å². The van der Waals surface area contributed by atoms with E-state index in [1.807, 2.05) is 0 Å². The molecule has 0 aliphatic carbocycles. The van der Waals surface area contributed by atoms with Gasteiger partial charge in [0.2, 0.25) is 0 Å². The SMILES string of the molecule is COC(=O)C1(c2cnc(Nc3snc(C)c3C(=O)Nc3ccc(F)c(F)c3)cn2)CCN(CC(F)(F)F)CC1. The highest BCUT2D eigenvalue weighted by Gasteiger charge is 2.47. The van der Waals surface area contributed by atoms with E-state index in [1.54, 1.807) is 6.92 Å². The number of benzene rings is 1. The highest BCUT2D eigenvalue weighted by Crippen LogP contribution is 2.37. The van der Waals surface area contributed by atoms with Crippen LogP contribution in [0.5, 0.6) is 0 Å². The lowest BCUT2D eigenvalue weighted by molar-refractivity contribution is -0.157. The summed E-state index contributed by atoms with van der Waals surface area (Å²) in [6, 6.07) is 2.96. The molecule has 0 radical (unpaired) electrons. The molecule has 39 heavy (non-hydrogen) atoms. The van der Waals surface area contributed by atoms with Crippen LogP contribution in [0.15, 0.2) is 30.6 Å². The Kier molecular flexibility index (Phi) is 8.11. The predicted octanol–water partition coefficient (Wildman–Crippen LogP) is 4.58. The molecular weight excluding hydrogens is 547 g/mol. The van der Waals surface area contributed by atoms with Crippen LogP contribution in [0.3, 0.4) is 0 Å². The second kappa shape index (κ2) is 11.2. The molecule has 1 aliphatic heterocycles. The van der Waals surface area contributed by atoms with Crippen LogP contribution in [-0.2, 0) is 14.9 Å². The van der Waals surface area contributed by atoms with Crippen molar-refractivity contribution in [2.75, 3.05) is 37.4 Å². The van der Waals surface area contributed by atoms with E-state index >= 15 is 0 Å². The molecular formula is C24H23F5N6O3S. The van der Waals surface area contributed by atoms with Gasteiger partial charge in [-0.25, -0.2) is 13.8 Å². The Labute approximate surface area is 223 Å². The highest BCUT2D eigenvalue weighted by molar-refractivity contribution is 7.10. The van der Waals surface area contributed by atoms with E-state index in [4.69, 9.17) is 4.74 Å². The average molecular weight is 571 g/mol. The third-order valence-electron chi connectivity index (χ3n) is 6.34. The number of carbonyl (C=O) groups excluding carboxylic acids is 2. The number of likely N-dealkylation sites (tertiary alicyclic amines) is 1. The molecule has 1 fully saturated rings. The van der Waals surface area contributed by atoms with Gasteiger partial charge in [0.05, 0.1) is 43.0 Å². The molecule has 3 heterocycles. The van der Waals surface area contributed by atoms with Crippen molar-refractivity contribution in [1.82, 2.24) is 19.2 Å². The number of methoxy groups -OCH3 is 1. The van der Waals surface area contributed by atoms with E-state index in [1.165, 1.54) is 30.5 Å². The molecule has 4 rings (SSSR count). The Morgan fingerprint density at radius 1 is 1.13 bits per heavy atom. The molecule has 15 heteroatoms. The van der Waals surface area contributed by atoms with Crippen molar-refractivity contribution in [1.29, 1.82) is 0 Å². The standard InChI is InChI=1S/C24H23F5N6O3S/c1-13-19(20(36)32-14-3-4-15(25)16(26)9-14)21(39-34-13)33-18-11-30-17(10-31-18)23(22(37)38-2)5-7-35(8-6-23)12-24(27,28)29/h3-4,9-11H,5-8,12H2,1-2H3,(H,31,33)(H,32,36). The molecule has 1 aliphatic rings. The van der Waals surface area contributed by atoms with E-state index in [0.29, 0.717) is 10.7 Å². The molecule has 9 nitrogen and oxygen atoms in total. The number of carbonyl (C=O) groups is 2. The van der Waals surface area contributed by atoms with Gasteiger partial charge in [0.25, 0.3) is 5.91 Å². The number of hydrogen-bond donors (Lipinski definition) is 2. The maximum Gasteiger partial charge on any atom is 0.401 e. The number of aryl methyl sites for hydroxylation is 1.